The third kappa shape index (κ3) is 3.46. The minimum absolute atomic E-state index is 0.115. The minimum atomic E-state index is 0.115. The predicted octanol–water partition coefficient (Wildman–Crippen LogP) is 1.12. The Morgan fingerprint density at radius 1 is 1.05 bits per heavy atom. The van der Waals surface area contributed by atoms with E-state index in [4.69, 9.17) is 19.9 Å². The van der Waals surface area contributed by atoms with Crippen molar-refractivity contribution in [2.45, 2.75) is 6.61 Å². The van der Waals surface area contributed by atoms with Crippen molar-refractivity contribution in [3.8, 4) is 17.2 Å². The largest absolute Gasteiger partial charge is 0.493 e. The lowest BCUT2D eigenvalue weighted by molar-refractivity contribution is 0.259. The Kier molecular flexibility index (Phi) is 4.82. The van der Waals surface area contributed by atoms with E-state index in [2.05, 4.69) is 15.0 Å². The molecule has 2 N–H and O–H groups in total. The van der Waals surface area contributed by atoms with Gasteiger partial charge in [0.25, 0.3) is 0 Å². The summed E-state index contributed by atoms with van der Waals surface area (Å²) in [4.78, 5) is 14.1. The standard InChI is InChI=1S/C14H19N5O3/c1-19(2)14-17-11(16-13(15)18-14)8-22-12-9(20-3)6-5-7-10(12)21-4/h5-7H,8H2,1-4H3,(H2,15,16,17,18). The summed E-state index contributed by atoms with van der Waals surface area (Å²) in [6, 6.07) is 5.38. The number of anilines is 2. The summed E-state index contributed by atoms with van der Waals surface area (Å²) >= 11 is 0. The highest BCUT2D eigenvalue weighted by Crippen LogP contribution is 2.37. The van der Waals surface area contributed by atoms with Crippen molar-refractivity contribution in [1.82, 2.24) is 15.0 Å². The van der Waals surface area contributed by atoms with Gasteiger partial charge in [-0.3, -0.25) is 0 Å². The molecule has 0 aliphatic rings. The van der Waals surface area contributed by atoms with E-state index in [1.807, 2.05) is 20.2 Å². The van der Waals surface area contributed by atoms with E-state index in [1.165, 1.54) is 0 Å². The van der Waals surface area contributed by atoms with Gasteiger partial charge >= 0.3 is 0 Å². The van der Waals surface area contributed by atoms with E-state index in [0.29, 0.717) is 29.0 Å². The maximum absolute atomic E-state index is 5.75. The summed E-state index contributed by atoms with van der Waals surface area (Å²) in [6.45, 7) is 0.115. The lowest BCUT2D eigenvalue weighted by Crippen LogP contribution is -2.17. The van der Waals surface area contributed by atoms with Crippen LogP contribution in [0, 0.1) is 0 Å². The van der Waals surface area contributed by atoms with Crippen LogP contribution in [-0.2, 0) is 6.61 Å². The van der Waals surface area contributed by atoms with Crippen LogP contribution in [0.15, 0.2) is 18.2 Å². The number of methoxy groups -OCH3 is 2. The number of hydrogen-bond acceptors (Lipinski definition) is 8. The first-order valence-corrected chi connectivity index (χ1v) is 6.56. The van der Waals surface area contributed by atoms with Gasteiger partial charge < -0.3 is 24.8 Å². The van der Waals surface area contributed by atoms with Crippen molar-refractivity contribution >= 4 is 11.9 Å². The van der Waals surface area contributed by atoms with Crippen molar-refractivity contribution in [3.63, 3.8) is 0 Å². The molecule has 0 saturated carbocycles. The van der Waals surface area contributed by atoms with Crippen LogP contribution in [0.25, 0.3) is 0 Å². The highest BCUT2D eigenvalue weighted by atomic mass is 16.5. The number of nitrogens with two attached hydrogens (primary N) is 1. The SMILES string of the molecule is COc1cccc(OC)c1OCc1nc(N)nc(N(C)C)n1. The van der Waals surface area contributed by atoms with Gasteiger partial charge in [-0.1, -0.05) is 6.07 Å². The Morgan fingerprint density at radius 2 is 1.68 bits per heavy atom. The molecule has 0 atom stereocenters. The molecule has 0 fully saturated rings. The number of ether oxygens (including phenoxy) is 3. The van der Waals surface area contributed by atoms with Crippen LogP contribution in [0.5, 0.6) is 17.2 Å². The average Bonchev–Trinajstić information content (AvgIpc) is 2.51. The number of nitrogens with zero attached hydrogens (tertiary/aromatic N) is 4. The van der Waals surface area contributed by atoms with Crippen LogP contribution in [-0.4, -0.2) is 43.3 Å². The molecule has 2 rings (SSSR count). The van der Waals surface area contributed by atoms with E-state index < -0.39 is 0 Å². The van der Waals surface area contributed by atoms with Crippen LogP contribution in [0.1, 0.15) is 5.82 Å². The molecular formula is C14H19N5O3. The number of aromatic nitrogens is 3. The lowest BCUT2D eigenvalue weighted by atomic mass is 10.3. The van der Waals surface area contributed by atoms with Gasteiger partial charge in [-0.15, -0.1) is 0 Å². The monoisotopic (exact) mass is 305 g/mol. The van der Waals surface area contributed by atoms with E-state index in [9.17, 15) is 0 Å². The van der Waals surface area contributed by atoms with Crippen molar-refractivity contribution in [2.24, 2.45) is 0 Å². The highest BCUT2D eigenvalue weighted by molar-refractivity contribution is 5.51. The normalized spacial score (nSPS) is 10.2. The van der Waals surface area contributed by atoms with Crippen molar-refractivity contribution in [1.29, 1.82) is 0 Å². The van der Waals surface area contributed by atoms with E-state index in [-0.39, 0.29) is 12.6 Å². The second kappa shape index (κ2) is 6.79. The molecule has 0 unspecified atom stereocenters. The molecule has 22 heavy (non-hydrogen) atoms. The smallest absolute Gasteiger partial charge is 0.230 e. The zero-order valence-corrected chi connectivity index (χ0v) is 13.0. The second-order valence-corrected chi connectivity index (χ2v) is 4.58. The molecule has 8 heteroatoms. The summed E-state index contributed by atoms with van der Waals surface area (Å²) < 4.78 is 16.3. The van der Waals surface area contributed by atoms with Gasteiger partial charge in [-0.25, -0.2) is 0 Å². The number of nitrogen functional groups attached to an aromatic ring is 1. The first-order valence-electron chi connectivity index (χ1n) is 6.56. The van der Waals surface area contributed by atoms with Gasteiger partial charge in [-0.2, -0.15) is 15.0 Å². The lowest BCUT2D eigenvalue weighted by Gasteiger charge is -2.15. The Morgan fingerprint density at radius 3 is 2.23 bits per heavy atom. The first-order chi connectivity index (χ1) is 10.5. The Balaban J connectivity index is 2.23. The van der Waals surface area contributed by atoms with Crippen LogP contribution in [0.2, 0.25) is 0 Å². The number of hydrogen-bond donors (Lipinski definition) is 1. The number of rotatable bonds is 6. The second-order valence-electron chi connectivity index (χ2n) is 4.58. The molecule has 0 radical (unpaired) electrons. The molecule has 1 aromatic carbocycles. The molecule has 8 nitrogen and oxygen atoms in total. The fraction of sp³-hybridized carbons (Fsp3) is 0.357. The van der Waals surface area contributed by atoms with E-state index in [0.717, 1.165) is 0 Å². The summed E-state index contributed by atoms with van der Waals surface area (Å²) in [5.41, 5.74) is 5.68. The van der Waals surface area contributed by atoms with Crippen molar-refractivity contribution in [2.75, 3.05) is 38.9 Å². The third-order valence-corrected chi connectivity index (χ3v) is 2.82. The molecule has 1 heterocycles. The Hall–Kier alpha value is -2.77. The molecule has 2 aromatic rings. The average molecular weight is 305 g/mol. The summed E-state index contributed by atoms with van der Waals surface area (Å²) in [5, 5.41) is 0. The zero-order chi connectivity index (χ0) is 16.1. The van der Waals surface area contributed by atoms with Gasteiger partial charge in [-0.05, 0) is 12.1 Å². The van der Waals surface area contributed by atoms with Crippen LogP contribution < -0.4 is 24.8 Å². The number of benzene rings is 1. The van der Waals surface area contributed by atoms with Crippen LogP contribution in [0.3, 0.4) is 0 Å². The minimum Gasteiger partial charge on any atom is -0.493 e. The summed E-state index contributed by atoms with van der Waals surface area (Å²) in [6.07, 6.45) is 0. The first kappa shape index (κ1) is 15.6. The Bertz CT molecular complexity index is 626. The third-order valence-electron chi connectivity index (χ3n) is 2.82. The molecule has 0 amide bonds. The highest BCUT2D eigenvalue weighted by Gasteiger charge is 2.13. The maximum atomic E-state index is 5.75. The van der Waals surface area contributed by atoms with Crippen molar-refractivity contribution in [3.05, 3.63) is 24.0 Å². The fourth-order valence-corrected chi connectivity index (χ4v) is 1.79. The molecule has 0 saturated heterocycles. The van der Waals surface area contributed by atoms with Gasteiger partial charge in [0.15, 0.2) is 17.3 Å². The van der Waals surface area contributed by atoms with Gasteiger partial charge in [0.05, 0.1) is 14.2 Å². The van der Waals surface area contributed by atoms with Gasteiger partial charge in [0.2, 0.25) is 17.6 Å². The molecule has 0 spiro atoms. The molecule has 0 aliphatic carbocycles. The molecular weight excluding hydrogens is 286 g/mol. The molecule has 118 valence electrons. The van der Waals surface area contributed by atoms with E-state index in [1.54, 1.807) is 31.3 Å². The topological polar surface area (TPSA) is 95.6 Å². The zero-order valence-electron chi connectivity index (χ0n) is 13.0. The predicted molar refractivity (Wildman–Crippen MR) is 82.4 cm³/mol. The Labute approximate surface area is 128 Å². The number of para-hydroxylation sites is 1. The van der Waals surface area contributed by atoms with Crippen LogP contribution in [0.4, 0.5) is 11.9 Å². The quantitative estimate of drug-likeness (QED) is 0.848. The van der Waals surface area contributed by atoms with Crippen LogP contribution >= 0.6 is 0 Å². The molecule has 1 aromatic heterocycles. The van der Waals surface area contributed by atoms with Crippen molar-refractivity contribution < 1.29 is 14.2 Å². The fourth-order valence-electron chi connectivity index (χ4n) is 1.79. The maximum Gasteiger partial charge on any atom is 0.230 e. The van der Waals surface area contributed by atoms with Gasteiger partial charge in [0, 0.05) is 14.1 Å². The summed E-state index contributed by atoms with van der Waals surface area (Å²) in [5.74, 6) is 2.65. The van der Waals surface area contributed by atoms with E-state index >= 15 is 0 Å². The molecule has 0 bridgehead atoms. The summed E-state index contributed by atoms with van der Waals surface area (Å²) in [7, 11) is 6.77. The molecule has 0 aliphatic heterocycles. The van der Waals surface area contributed by atoms with Gasteiger partial charge in [0.1, 0.15) is 6.61 Å².